The summed E-state index contributed by atoms with van der Waals surface area (Å²) >= 11 is 1.49. The molecule has 0 saturated heterocycles. The van der Waals surface area contributed by atoms with Crippen LogP contribution in [-0.4, -0.2) is 23.3 Å². The van der Waals surface area contributed by atoms with Gasteiger partial charge >= 0.3 is 0 Å². The molecule has 6 heteroatoms. The van der Waals surface area contributed by atoms with E-state index in [0.717, 1.165) is 0 Å². The summed E-state index contributed by atoms with van der Waals surface area (Å²) in [5, 5.41) is 12.8. The highest BCUT2D eigenvalue weighted by molar-refractivity contribution is 7.97. The molecule has 0 fully saturated rings. The molecule has 4 nitrogen and oxygen atoms in total. The van der Waals surface area contributed by atoms with Gasteiger partial charge in [0.15, 0.2) is 0 Å². The number of rotatable bonds is 7. The van der Waals surface area contributed by atoms with E-state index in [4.69, 9.17) is 4.42 Å². The van der Waals surface area contributed by atoms with Gasteiger partial charge in [0.25, 0.3) is 5.91 Å². The number of aliphatic hydroxyl groups is 1. The van der Waals surface area contributed by atoms with Crippen molar-refractivity contribution in [3.8, 4) is 0 Å². The van der Waals surface area contributed by atoms with Gasteiger partial charge in [0.2, 0.25) is 0 Å². The summed E-state index contributed by atoms with van der Waals surface area (Å²) in [5.41, 5.74) is 0.920. The third kappa shape index (κ3) is 4.84. The number of amides is 1. The molecule has 1 heterocycles. The number of hydrogen-bond acceptors (Lipinski definition) is 4. The predicted molar refractivity (Wildman–Crippen MR) is 88.8 cm³/mol. The molecule has 0 aliphatic heterocycles. The van der Waals surface area contributed by atoms with E-state index in [9.17, 15) is 14.3 Å². The summed E-state index contributed by atoms with van der Waals surface area (Å²) in [6.45, 7) is 1.80. The zero-order valence-corrected chi connectivity index (χ0v) is 13.9. The van der Waals surface area contributed by atoms with Crippen molar-refractivity contribution in [3.05, 3.63) is 59.3 Å². The Balaban J connectivity index is 1.97. The van der Waals surface area contributed by atoms with Gasteiger partial charge in [-0.1, -0.05) is 0 Å². The van der Waals surface area contributed by atoms with Crippen molar-refractivity contribution < 1.29 is 18.7 Å². The molecule has 2 N–H and O–H groups in total. The number of aliphatic hydroxyl groups excluding tert-OH is 1. The van der Waals surface area contributed by atoms with Crippen LogP contribution in [0.4, 0.5) is 4.39 Å². The van der Waals surface area contributed by atoms with Gasteiger partial charge in [0.1, 0.15) is 17.7 Å². The Morgan fingerprint density at radius 3 is 2.87 bits per heavy atom. The minimum absolute atomic E-state index is 0.253. The monoisotopic (exact) mass is 337 g/mol. The topological polar surface area (TPSA) is 62.5 Å². The molecule has 1 amide bonds. The Bertz CT molecular complexity index is 645. The largest absolute Gasteiger partial charge is 0.467 e. The van der Waals surface area contributed by atoms with Crippen molar-refractivity contribution >= 4 is 17.7 Å². The average molecular weight is 337 g/mol. The maximum absolute atomic E-state index is 13.6. The van der Waals surface area contributed by atoms with Crippen molar-refractivity contribution in [3.63, 3.8) is 0 Å². The van der Waals surface area contributed by atoms with Crippen LogP contribution in [0.5, 0.6) is 0 Å². The van der Waals surface area contributed by atoms with Crippen LogP contribution in [0.1, 0.15) is 41.1 Å². The van der Waals surface area contributed by atoms with Crippen molar-refractivity contribution in [2.75, 3.05) is 6.26 Å². The van der Waals surface area contributed by atoms with Gasteiger partial charge in [-0.2, -0.15) is 11.8 Å². The third-order valence-electron chi connectivity index (χ3n) is 3.43. The number of carbonyl (C=O) groups is 1. The lowest BCUT2D eigenvalue weighted by molar-refractivity contribution is 0.0903. The fraction of sp³-hybridized carbons (Fsp3) is 0.353. The Morgan fingerprint density at radius 2 is 2.22 bits per heavy atom. The van der Waals surface area contributed by atoms with Crippen LogP contribution in [0.25, 0.3) is 0 Å². The second-order valence-corrected chi connectivity index (χ2v) is 6.25. The molecule has 0 spiro atoms. The van der Waals surface area contributed by atoms with Crippen molar-refractivity contribution in [1.29, 1.82) is 0 Å². The lowest BCUT2D eigenvalue weighted by atomic mass is 10.1. The minimum Gasteiger partial charge on any atom is -0.467 e. The number of thioether (sulfide) groups is 1. The van der Waals surface area contributed by atoms with Gasteiger partial charge < -0.3 is 14.8 Å². The highest BCUT2D eigenvalue weighted by Gasteiger charge is 2.17. The summed E-state index contributed by atoms with van der Waals surface area (Å²) in [6, 6.07) is 7.47. The van der Waals surface area contributed by atoms with E-state index >= 15 is 0 Å². The average Bonchev–Trinajstić information content (AvgIpc) is 3.03. The van der Waals surface area contributed by atoms with Crippen LogP contribution in [0, 0.1) is 5.82 Å². The maximum atomic E-state index is 13.6. The van der Waals surface area contributed by atoms with Gasteiger partial charge in [0, 0.05) is 23.8 Å². The summed E-state index contributed by atoms with van der Waals surface area (Å²) in [6.07, 6.45) is 2.93. The Hall–Kier alpha value is -1.79. The smallest absolute Gasteiger partial charge is 0.251 e. The number of halogens is 1. The van der Waals surface area contributed by atoms with Crippen molar-refractivity contribution in [1.82, 2.24) is 5.32 Å². The first-order valence-corrected chi connectivity index (χ1v) is 8.70. The van der Waals surface area contributed by atoms with Gasteiger partial charge in [-0.05, 0) is 49.1 Å². The third-order valence-corrected chi connectivity index (χ3v) is 4.03. The molecule has 2 atom stereocenters. The molecule has 1 aromatic heterocycles. The Labute approximate surface area is 139 Å². The molecule has 0 saturated carbocycles. The highest BCUT2D eigenvalue weighted by atomic mass is 32.2. The molecule has 2 unspecified atom stereocenters. The zero-order valence-electron chi connectivity index (χ0n) is 13.1. The molecular formula is C17H20FNO3S. The van der Waals surface area contributed by atoms with Crippen LogP contribution in [0.3, 0.4) is 0 Å². The number of carbonyl (C=O) groups excluding carboxylic acids is 1. The van der Waals surface area contributed by atoms with Crippen LogP contribution in [0.15, 0.2) is 41.0 Å². The number of furan rings is 1. The molecule has 2 aromatic rings. The maximum Gasteiger partial charge on any atom is 0.251 e. The van der Waals surface area contributed by atoms with Crippen LogP contribution >= 0.6 is 11.8 Å². The van der Waals surface area contributed by atoms with Crippen molar-refractivity contribution in [2.24, 2.45) is 0 Å². The van der Waals surface area contributed by atoms with Crippen LogP contribution in [0.2, 0.25) is 0 Å². The minimum atomic E-state index is -0.777. The number of nitrogens with one attached hydrogen (secondary N) is 1. The lowest BCUT2D eigenvalue weighted by Crippen LogP contribution is -2.33. The molecular weight excluding hydrogens is 317 g/mol. The molecule has 124 valence electrons. The second kappa shape index (κ2) is 8.17. The summed E-state index contributed by atoms with van der Waals surface area (Å²) in [4.78, 5) is 12.2. The molecule has 1 aromatic carbocycles. The van der Waals surface area contributed by atoms with E-state index in [0.29, 0.717) is 29.1 Å². The van der Waals surface area contributed by atoms with Gasteiger partial charge in [-0.15, -0.1) is 0 Å². The quantitative estimate of drug-likeness (QED) is 0.811. The SMILES string of the molecule is CSCc1cc(C(=O)NC(C)CC(O)c2ccco2)ccc1F. The zero-order chi connectivity index (χ0) is 16.8. The number of benzene rings is 1. The Morgan fingerprint density at radius 1 is 1.43 bits per heavy atom. The van der Waals surface area contributed by atoms with E-state index in [1.807, 2.05) is 6.26 Å². The van der Waals surface area contributed by atoms with Gasteiger partial charge in [-0.3, -0.25) is 4.79 Å². The first-order chi connectivity index (χ1) is 11.0. The van der Waals surface area contributed by atoms with Gasteiger partial charge in [0.05, 0.1) is 6.26 Å². The summed E-state index contributed by atoms with van der Waals surface area (Å²) in [5.74, 6) is 0.388. The second-order valence-electron chi connectivity index (χ2n) is 5.38. The fourth-order valence-corrected chi connectivity index (χ4v) is 2.81. The molecule has 0 bridgehead atoms. The van der Waals surface area contributed by atoms with E-state index in [2.05, 4.69) is 5.32 Å². The first-order valence-electron chi connectivity index (χ1n) is 7.31. The van der Waals surface area contributed by atoms with Gasteiger partial charge in [-0.25, -0.2) is 4.39 Å². The first kappa shape index (κ1) is 17.6. The summed E-state index contributed by atoms with van der Waals surface area (Å²) < 4.78 is 18.8. The van der Waals surface area contributed by atoms with Crippen molar-refractivity contribution in [2.45, 2.75) is 31.2 Å². The highest BCUT2D eigenvalue weighted by Crippen LogP contribution is 2.19. The molecule has 2 rings (SSSR count). The van der Waals surface area contributed by atoms with E-state index in [1.54, 1.807) is 25.1 Å². The molecule has 0 aliphatic rings. The van der Waals surface area contributed by atoms with E-state index in [1.165, 1.54) is 30.2 Å². The van der Waals surface area contributed by atoms with E-state index < -0.39 is 6.10 Å². The Kier molecular flexibility index (Phi) is 6.24. The predicted octanol–water partition coefficient (Wildman–Crippen LogP) is 3.52. The van der Waals surface area contributed by atoms with E-state index in [-0.39, 0.29) is 17.8 Å². The van der Waals surface area contributed by atoms with Crippen LogP contribution < -0.4 is 5.32 Å². The molecule has 23 heavy (non-hydrogen) atoms. The normalized spacial score (nSPS) is 13.6. The fourth-order valence-electron chi connectivity index (χ4n) is 2.28. The molecule has 0 radical (unpaired) electrons. The standard InChI is InChI=1S/C17H20FNO3S/c1-11(8-15(20)16-4-3-7-22-16)19-17(21)12-5-6-14(18)13(9-12)10-23-2/h3-7,9,11,15,20H,8,10H2,1-2H3,(H,19,21). The van der Waals surface area contributed by atoms with Crippen LogP contribution in [-0.2, 0) is 5.75 Å². The molecule has 0 aliphatic carbocycles. The lowest BCUT2D eigenvalue weighted by Gasteiger charge is -2.17. The number of hydrogen-bond donors (Lipinski definition) is 2. The summed E-state index contributed by atoms with van der Waals surface area (Å²) in [7, 11) is 0.